The van der Waals surface area contributed by atoms with Crippen molar-refractivity contribution in [1.29, 1.82) is 0 Å². The summed E-state index contributed by atoms with van der Waals surface area (Å²) in [5, 5.41) is 11.2. The van der Waals surface area contributed by atoms with Crippen LogP contribution in [0.2, 0.25) is 5.02 Å². The minimum atomic E-state index is -1.52. The molecule has 1 aliphatic heterocycles. The standard InChI is InChI=1S/C17H18ClNO7/c1-8-4-10(20)5-9(7-19(22)23)17(8)16(21)13-11(24-2)6-12(25-3)14(18)15(13)26-17/h6,8-9H,4-5,7H2,1-3H3/t8-,9?,17+/m1/s1. The smallest absolute Gasteiger partial charge is 0.214 e. The molecule has 3 rings (SSSR count). The summed E-state index contributed by atoms with van der Waals surface area (Å²) in [6.45, 7) is 1.14. The van der Waals surface area contributed by atoms with Gasteiger partial charge in [-0.1, -0.05) is 18.5 Å². The first-order valence-corrected chi connectivity index (χ1v) is 8.45. The first-order chi connectivity index (χ1) is 12.3. The number of hydrogen-bond donors (Lipinski definition) is 0. The van der Waals surface area contributed by atoms with Crippen LogP contribution in [0.5, 0.6) is 17.2 Å². The van der Waals surface area contributed by atoms with E-state index >= 15 is 0 Å². The third-order valence-corrected chi connectivity index (χ3v) is 5.52. The Kier molecular flexibility index (Phi) is 4.56. The highest BCUT2D eigenvalue weighted by Crippen LogP contribution is 2.55. The van der Waals surface area contributed by atoms with Crippen LogP contribution in [0.1, 0.15) is 30.1 Å². The zero-order valence-electron chi connectivity index (χ0n) is 14.5. The normalized spacial score (nSPS) is 27.2. The first kappa shape index (κ1) is 18.4. The summed E-state index contributed by atoms with van der Waals surface area (Å²) in [6.07, 6.45) is 0.00707. The fraction of sp³-hybridized carbons (Fsp3) is 0.529. The summed E-state index contributed by atoms with van der Waals surface area (Å²) in [7, 11) is 2.81. The molecule has 1 saturated carbocycles. The van der Waals surface area contributed by atoms with E-state index < -0.39 is 34.7 Å². The highest BCUT2D eigenvalue weighted by molar-refractivity contribution is 6.35. The number of fused-ring (bicyclic) bond motifs is 1. The van der Waals surface area contributed by atoms with Crippen molar-refractivity contribution in [3.63, 3.8) is 0 Å². The lowest BCUT2D eigenvalue weighted by Gasteiger charge is -2.41. The van der Waals surface area contributed by atoms with E-state index in [9.17, 15) is 19.7 Å². The lowest BCUT2D eigenvalue weighted by atomic mass is 9.66. The summed E-state index contributed by atoms with van der Waals surface area (Å²) in [5.41, 5.74) is -1.39. The van der Waals surface area contributed by atoms with Gasteiger partial charge in [0.15, 0.2) is 11.4 Å². The zero-order valence-corrected chi connectivity index (χ0v) is 15.3. The van der Waals surface area contributed by atoms with Gasteiger partial charge in [0.05, 0.1) is 20.1 Å². The molecule has 140 valence electrons. The predicted octanol–water partition coefficient (Wildman–Crippen LogP) is 2.56. The van der Waals surface area contributed by atoms with Gasteiger partial charge < -0.3 is 14.2 Å². The molecule has 1 spiro atoms. The summed E-state index contributed by atoms with van der Waals surface area (Å²) < 4.78 is 16.5. The van der Waals surface area contributed by atoms with Crippen molar-refractivity contribution in [3.05, 3.63) is 26.8 Å². The number of nitrogens with zero attached hydrogens (tertiary/aromatic N) is 1. The topological polar surface area (TPSA) is 105 Å². The average molecular weight is 384 g/mol. The Morgan fingerprint density at radius 1 is 1.31 bits per heavy atom. The van der Waals surface area contributed by atoms with Crippen LogP contribution in [0.25, 0.3) is 0 Å². The quantitative estimate of drug-likeness (QED) is 0.581. The van der Waals surface area contributed by atoms with E-state index in [4.69, 9.17) is 25.8 Å². The molecule has 3 atom stereocenters. The summed E-state index contributed by atoms with van der Waals surface area (Å²) in [5.74, 6) is -1.44. The fourth-order valence-corrected chi connectivity index (χ4v) is 4.26. The molecule has 1 aliphatic carbocycles. The van der Waals surface area contributed by atoms with Crippen LogP contribution in [-0.4, -0.2) is 42.9 Å². The lowest BCUT2D eigenvalue weighted by Crippen LogP contribution is -2.58. The molecule has 1 fully saturated rings. The van der Waals surface area contributed by atoms with Gasteiger partial charge in [0.25, 0.3) is 0 Å². The van der Waals surface area contributed by atoms with Gasteiger partial charge in [-0.3, -0.25) is 19.7 Å². The van der Waals surface area contributed by atoms with E-state index in [2.05, 4.69) is 0 Å². The number of ether oxygens (including phenoxy) is 3. The van der Waals surface area contributed by atoms with Crippen molar-refractivity contribution in [2.45, 2.75) is 25.4 Å². The Morgan fingerprint density at radius 3 is 2.54 bits per heavy atom. The molecule has 0 N–H and O–H groups in total. The van der Waals surface area contributed by atoms with Crippen LogP contribution < -0.4 is 14.2 Å². The van der Waals surface area contributed by atoms with Crippen LogP contribution in [0, 0.1) is 22.0 Å². The monoisotopic (exact) mass is 383 g/mol. The zero-order chi connectivity index (χ0) is 19.2. The van der Waals surface area contributed by atoms with E-state index in [1.54, 1.807) is 6.92 Å². The molecule has 1 aromatic carbocycles. The maximum atomic E-state index is 13.4. The van der Waals surface area contributed by atoms with Crippen molar-refractivity contribution >= 4 is 23.2 Å². The Balaban J connectivity index is 2.19. The van der Waals surface area contributed by atoms with Gasteiger partial charge in [-0.25, -0.2) is 0 Å². The molecule has 0 aromatic heterocycles. The molecule has 1 heterocycles. The molecular weight excluding hydrogens is 366 g/mol. The number of nitro groups is 1. The number of carbonyl (C=O) groups is 2. The Hall–Kier alpha value is -2.35. The van der Waals surface area contributed by atoms with E-state index in [1.165, 1.54) is 20.3 Å². The largest absolute Gasteiger partial charge is 0.496 e. The highest BCUT2D eigenvalue weighted by atomic mass is 35.5. The number of rotatable bonds is 4. The van der Waals surface area contributed by atoms with E-state index in [1.807, 2.05) is 0 Å². The van der Waals surface area contributed by atoms with Crippen LogP contribution >= 0.6 is 11.6 Å². The molecular formula is C17H18ClNO7. The van der Waals surface area contributed by atoms with Gasteiger partial charge in [-0.15, -0.1) is 0 Å². The Morgan fingerprint density at radius 2 is 1.96 bits per heavy atom. The number of carbonyl (C=O) groups excluding carboxylic acids is 2. The fourth-order valence-electron chi connectivity index (χ4n) is 4.00. The Bertz CT molecular complexity index is 807. The third-order valence-electron chi connectivity index (χ3n) is 5.16. The summed E-state index contributed by atoms with van der Waals surface area (Å²) in [4.78, 5) is 36.0. The van der Waals surface area contributed by atoms with Crippen molar-refractivity contribution in [1.82, 2.24) is 0 Å². The van der Waals surface area contributed by atoms with Crippen LogP contribution in [0.15, 0.2) is 6.07 Å². The maximum absolute atomic E-state index is 13.4. The lowest BCUT2D eigenvalue weighted by molar-refractivity contribution is -0.492. The molecule has 2 aliphatic rings. The van der Waals surface area contributed by atoms with E-state index in [0.29, 0.717) is 0 Å². The van der Waals surface area contributed by atoms with Gasteiger partial charge in [0.1, 0.15) is 27.9 Å². The van der Waals surface area contributed by atoms with Crippen molar-refractivity contribution in [2.75, 3.05) is 20.8 Å². The second kappa shape index (κ2) is 6.42. The van der Waals surface area contributed by atoms with Crippen LogP contribution in [0.4, 0.5) is 0 Å². The molecule has 26 heavy (non-hydrogen) atoms. The summed E-state index contributed by atoms with van der Waals surface area (Å²) in [6, 6.07) is 1.47. The van der Waals surface area contributed by atoms with Crippen LogP contribution in [-0.2, 0) is 4.79 Å². The molecule has 0 bridgehead atoms. The van der Waals surface area contributed by atoms with E-state index in [0.717, 1.165) is 0 Å². The van der Waals surface area contributed by atoms with Crippen molar-refractivity contribution in [2.24, 2.45) is 11.8 Å². The summed E-state index contributed by atoms with van der Waals surface area (Å²) >= 11 is 6.32. The molecule has 8 nitrogen and oxygen atoms in total. The van der Waals surface area contributed by atoms with Gasteiger partial charge in [-0.05, 0) is 0 Å². The van der Waals surface area contributed by atoms with Crippen molar-refractivity contribution < 1.29 is 28.7 Å². The average Bonchev–Trinajstić information content (AvgIpc) is 2.88. The van der Waals surface area contributed by atoms with Gasteiger partial charge >= 0.3 is 0 Å². The first-order valence-electron chi connectivity index (χ1n) is 8.08. The van der Waals surface area contributed by atoms with E-state index in [-0.39, 0.29) is 46.5 Å². The number of Topliss-reactive ketones (excluding diaryl/α,β-unsaturated/α-hetero) is 2. The molecule has 1 unspecified atom stereocenters. The number of benzene rings is 1. The maximum Gasteiger partial charge on any atom is 0.214 e. The Labute approximate surface area is 154 Å². The number of ketones is 2. The molecule has 0 saturated heterocycles. The minimum Gasteiger partial charge on any atom is -0.496 e. The number of methoxy groups -OCH3 is 2. The van der Waals surface area contributed by atoms with Crippen molar-refractivity contribution in [3.8, 4) is 17.2 Å². The predicted molar refractivity (Wildman–Crippen MR) is 91.0 cm³/mol. The molecule has 9 heteroatoms. The van der Waals surface area contributed by atoms with Crippen LogP contribution in [0.3, 0.4) is 0 Å². The second-order valence-electron chi connectivity index (χ2n) is 6.58. The third kappa shape index (κ3) is 2.51. The number of halogens is 1. The minimum absolute atomic E-state index is 0.0856. The molecule has 0 amide bonds. The van der Waals surface area contributed by atoms with Gasteiger partial charge in [0.2, 0.25) is 12.3 Å². The molecule has 1 aromatic rings. The molecule has 0 radical (unpaired) electrons. The number of hydrogen-bond acceptors (Lipinski definition) is 7. The SMILES string of the molecule is COc1cc(OC)c2c(c1Cl)O[C@]1(C2=O)C(C[N+](=O)[O-])CC(=O)C[C@H]1C. The van der Waals surface area contributed by atoms with Gasteiger partial charge in [0, 0.05) is 29.7 Å². The van der Waals surface area contributed by atoms with Gasteiger partial charge in [-0.2, -0.15) is 0 Å². The second-order valence-corrected chi connectivity index (χ2v) is 6.96. The highest BCUT2D eigenvalue weighted by Gasteiger charge is 2.62.